The Labute approximate surface area is 130 Å². The van der Waals surface area contributed by atoms with Crippen LogP contribution in [0.5, 0.6) is 0 Å². The van der Waals surface area contributed by atoms with E-state index in [1.165, 1.54) is 30.5 Å². The second-order valence-electron chi connectivity index (χ2n) is 6.79. The number of likely N-dealkylation sites (N-methyl/N-ethyl adjacent to an activating group) is 2. The molecule has 1 aromatic carbocycles. The van der Waals surface area contributed by atoms with Gasteiger partial charge in [0.05, 0.1) is 0 Å². The maximum atomic E-state index is 6.06. The molecule has 1 aliphatic rings. The summed E-state index contributed by atoms with van der Waals surface area (Å²) in [6.07, 6.45) is 2.63. The van der Waals surface area contributed by atoms with E-state index in [4.69, 9.17) is 5.73 Å². The molecule has 1 fully saturated rings. The van der Waals surface area contributed by atoms with Gasteiger partial charge in [0.25, 0.3) is 0 Å². The minimum atomic E-state index is 0.320. The van der Waals surface area contributed by atoms with Gasteiger partial charge in [-0.15, -0.1) is 0 Å². The van der Waals surface area contributed by atoms with E-state index in [9.17, 15) is 0 Å². The van der Waals surface area contributed by atoms with Gasteiger partial charge < -0.3 is 10.6 Å². The number of hydrogen-bond acceptors (Lipinski definition) is 3. The van der Waals surface area contributed by atoms with Crippen molar-refractivity contribution in [1.82, 2.24) is 9.80 Å². The summed E-state index contributed by atoms with van der Waals surface area (Å²) in [5.41, 5.74) is 8.79. The summed E-state index contributed by atoms with van der Waals surface area (Å²) in [6.45, 7) is 7.47. The summed E-state index contributed by atoms with van der Waals surface area (Å²) in [5.74, 6) is 0.584. The fraction of sp³-hybridized carbons (Fsp3) is 0.667. The standard InChI is InChI=1S/C18H31N3/c1-14(2)15-7-9-16(10-8-15)18(12-19)21(4)13-17-6-5-11-20(17)3/h7-10,14,17-18H,5-6,11-13,19H2,1-4H3. The lowest BCUT2D eigenvalue weighted by atomic mass is 9.98. The molecular weight excluding hydrogens is 258 g/mol. The molecular formula is C18H31N3. The average Bonchev–Trinajstić information content (AvgIpc) is 2.85. The Bertz CT molecular complexity index is 427. The second kappa shape index (κ2) is 7.39. The molecule has 21 heavy (non-hydrogen) atoms. The van der Waals surface area contributed by atoms with E-state index in [-0.39, 0.29) is 0 Å². The molecule has 1 aromatic rings. The van der Waals surface area contributed by atoms with Crippen molar-refractivity contribution in [3.05, 3.63) is 35.4 Å². The van der Waals surface area contributed by atoms with Gasteiger partial charge in [0.15, 0.2) is 0 Å². The molecule has 0 amide bonds. The predicted molar refractivity (Wildman–Crippen MR) is 90.6 cm³/mol. The number of nitrogens with two attached hydrogens (primary N) is 1. The highest BCUT2D eigenvalue weighted by Gasteiger charge is 2.25. The van der Waals surface area contributed by atoms with E-state index in [0.717, 1.165) is 6.54 Å². The molecule has 0 aliphatic carbocycles. The van der Waals surface area contributed by atoms with Gasteiger partial charge in [0, 0.05) is 25.2 Å². The van der Waals surface area contributed by atoms with Crippen LogP contribution in [0, 0.1) is 0 Å². The molecule has 0 aromatic heterocycles. The van der Waals surface area contributed by atoms with Gasteiger partial charge in [-0.05, 0) is 50.5 Å². The predicted octanol–water partition coefficient (Wildman–Crippen LogP) is 2.84. The normalized spacial score (nSPS) is 21.4. The minimum absolute atomic E-state index is 0.320. The number of likely N-dealkylation sites (tertiary alicyclic amines) is 1. The number of benzene rings is 1. The SMILES string of the molecule is CC(C)c1ccc(C(CN)N(C)CC2CCCN2C)cc1. The van der Waals surface area contributed by atoms with Gasteiger partial charge in [-0.25, -0.2) is 0 Å². The van der Waals surface area contributed by atoms with Crippen LogP contribution in [-0.2, 0) is 0 Å². The van der Waals surface area contributed by atoms with Crippen LogP contribution < -0.4 is 5.73 Å². The molecule has 1 heterocycles. The molecule has 1 aliphatic heterocycles. The van der Waals surface area contributed by atoms with Gasteiger partial charge in [0.1, 0.15) is 0 Å². The monoisotopic (exact) mass is 289 g/mol. The molecule has 3 nitrogen and oxygen atoms in total. The van der Waals surface area contributed by atoms with Crippen LogP contribution in [0.4, 0.5) is 0 Å². The zero-order valence-corrected chi connectivity index (χ0v) is 14.0. The van der Waals surface area contributed by atoms with E-state index < -0.39 is 0 Å². The lowest BCUT2D eigenvalue weighted by Gasteiger charge is -2.32. The van der Waals surface area contributed by atoms with Crippen molar-refractivity contribution in [1.29, 1.82) is 0 Å². The van der Waals surface area contributed by atoms with Gasteiger partial charge in [-0.1, -0.05) is 38.1 Å². The lowest BCUT2D eigenvalue weighted by molar-refractivity contribution is 0.179. The minimum Gasteiger partial charge on any atom is -0.329 e. The molecule has 2 rings (SSSR count). The van der Waals surface area contributed by atoms with Crippen LogP contribution in [0.1, 0.15) is 49.8 Å². The molecule has 3 heteroatoms. The van der Waals surface area contributed by atoms with E-state index in [0.29, 0.717) is 24.5 Å². The van der Waals surface area contributed by atoms with Crippen LogP contribution in [0.25, 0.3) is 0 Å². The summed E-state index contributed by atoms with van der Waals surface area (Å²) in [7, 11) is 4.44. The number of nitrogens with zero attached hydrogens (tertiary/aromatic N) is 2. The largest absolute Gasteiger partial charge is 0.329 e. The molecule has 2 atom stereocenters. The molecule has 0 spiro atoms. The Morgan fingerprint density at radius 1 is 1.24 bits per heavy atom. The van der Waals surface area contributed by atoms with E-state index in [1.807, 2.05) is 0 Å². The van der Waals surface area contributed by atoms with Crippen molar-refractivity contribution in [3.63, 3.8) is 0 Å². The highest BCUT2D eigenvalue weighted by atomic mass is 15.2. The Morgan fingerprint density at radius 3 is 2.33 bits per heavy atom. The first-order chi connectivity index (χ1) is 10.0. The highest BCUT2D eigenvalue weighted by Crippen LogP contribution is 2.24. The summed E-state index contributed by atoms with van der Waals surface area (Å²) < 4.78 is 0. The Kier molecular flexibility index (Phi) is 5.80. The lowest BCUT2D eigenvalue weighted by Crippen LogP contribution is -2.40. The Hall–Kier alpha value is -0.900. The summed E-state index contributed by atoms with van der Waals surface area (Å²) in [5, 5.41) is 0. The summed E-state index contributed by atoms with van der Waals surface area (Å²) in [6, 6.07) is 10.00. The fourth-order valence-corrected chi connectivity index (χ4v) is 3.34. The molecule has 0 radical (unpaired) electrons. The van der Waals surface area contributed by atoms with Crippen LogP contribution >= 0.6 is 0 Å². The van der Waals surface area contributed by atoms with Crippen molar-refractivity contribution in [2.45, 2.75) is 44.7 Å². The third-order valence-electron chi connectivity index (χ3n) is 4.91. The van der Waals surface area contributed by atoms with Gasteiger partial charge >= 0.3 is 0 Å². The van der Waals surface area contributed by atoms with Crippen LogP contribution in [0.3, 0.4) is 0 Å². The maximum absolute atomic E-state index is 6.06. The number of hydrogen-bond donors (Lipinski definition) is 1. The van der Waals surface area contributed by atoms with Crippen LogP contribution in [0.2, 0.25) is 0 Å². The molecule has 118 valence electrons. The van der Waals surface area contributed by atoms with Gasteiger partial charge in [-0.3, -0.25) is 4.90 Å². The van der Waals surface area contributed by atoms with Crippen LogP contribution in [0.15, 0.2) is 24.3 Å². The molecule has 2 unspecified atom stereocenters. The molecule has 1 saturated heterocycles. The molecule has 0 saturated carbocycles. The fourth-order valence-electron chi connectivity index (χ4n) is 3.34. The molecule has 2 N–H and O–H groups in total. The van der Waals surface area contributed by atoms with Gasteiger partial charge in [0.2, 0.25) is 0 Å². The third kappa shape index (κ3) is 4.06. The first-order valence-electron chi connectivity index (χ1n) is 8.23. The quantitative estimate of drug-likeness (QED) is 0.874. The van der Waals surface area contributed by atoms with Crippen LogP contribution in [-0.4, -0.2) is 49.6 Å². The van der Waals surface area contributed by atoms with E-state index in [1.54, 1.807) is 0 Å². The smallest absolute Gasteiger partial charge is 0.0468 e. The highest BCUT2D eigenvalue weighted by molar-refractivity contribution is 5.27. The van der Waals surface area contributed by atoms with Crippen molar-refractivity contribution in [2.75, 3.05) is 33.7 Å². The molecule has 0 bridgehead atoms. The zero-order valence-electron chi connectivity index (χ0n) is 14.0. The van der Waals surface area contributed by atoms with E-state index in [2.05, 4.69) is 62.0 Å². The first kappa shape index (κ1) is 16.5. The van der Waals surface area contributed by atoms with E-state index >= 15 is 0 Å². The maximum Gasteiger partial charge on any atom is 0.0468 e. The second-order valence-corrected chi connectivity index (χ2v) is 6.79. The van der Waals surface area contributed by atoms with Crippen molar-refractivity contribution < 1.29 is 0 Å². The van der Waals surface area contributed by atoms with Crippen molar-refractivity contribution >= 4 is 0 Å². The summed E-state index contributed by atoms with van der Waals surface area (Å²) in [4.78, 5) is 4.91. The first-order valence-corrected chi connectivity index (χ1v) is 8.23. The summed E-state index contributed by atoms with van der Waals surface area (Å²) >= 11 is 0. The number of rotatable bonds is 6. The Morgan fingerprint density at radius 2 is 1.86 bits per heavy atom. The van der Waals surface area contributed by atoms with Gasteiger partial charge in [-0.2, -0.15) is 0 Å². The topological polar surface area (TPSA) is 32.5 Å². The van der Waals surface area contributed by atoms with Crippen molar-refractivity contribution in [2.24, 2.45) is 5.73 Å². The van der Waals surface area contributed by atoms with Crippen molar-refractivity contribution in [3.8, 4) is 0 Å². The zero-order chi connectivity index (χ0) is 15.4. The average molecular weight is 289 g/mol. The third-order valence-corrected chi connectivity index (χ3v) is 4.91. The Balaban J connectivity index is 2.03.